The third-order valence-electron chi connectivity index (χ3n) is 21.0. The lowest BCUT2D eigenvalue weighted by Gasteiger charge is -2.24. The molecule has 0 atom stereocenters. The number of nitrogens with zero attached hydrogens (tertiary/aromatic N) is 7. The number of allylic oxidation sites excluding steroid dienone is 1. The normalized spacial score (nSPS) is 15.3. The molecule has 0 unspecified atom stereocenters. The Kier molecular flexibility index (Phi) is 19.3. The van der Waals surface area contributed by atoms with Gasteiger partial charge in [0.2, 0.25) is 5.91 Å². The number of aromatic nitrogens is 3. The molecule has 7 heterocycles. The number of hydrogen-bond acceptors (Lipinski definition) is 5. The molecule has 4 aliphatic heterocycles. The summed E-state index contributed by atoms with van der Waals surface area (Å²) in [6, 6.07) is 64.5. The third kappa shape index (κ3) is 13.5. The highest BCUT2D eigenvalue weighted by Crippen LogP contribution is 2.69. The first-order valence-corrected chi connectivity index (χ1v) is 34.0. The number of amides is 4. The zero-order valence-electron chi connectivity index (χ0n) is 57.9. The summed E-state index contributed by atoms with van der Waals surface area (Å²) in [6.45, 7) is 19.4. The van der Waals surface area contributed by atoms with Crippen molar-refractivity contribution in [3.63, 3.8) is 0 Å². The van der Waals surface area contributed by atoms with E-state index >= 15 is 0 Å². The van der Waals surface area contributed by atoms with E-state index in [-0.39, 0.29) is 40.4 Å². The SMILES string of the molecule is C=CC1=C(NC)Cc2ccc(C)cc2N(C(=O)c2ccccc2)C1.CCCc1ccc(C(=O)N2Cc3ccn(C)c3Cc3ccccc32)cc1.Cn1ccc2c1Cc1ccccc1N(C(=O)C1C(C)(C)C1(C)C)C2.Cn1ccc2c1Cc1ccccc1N(C(=O)c1ccccc1)C2. The van der Waals surface area contributed by atoms with Gasteiger partial charge < -0.3 is 38.6 Å². The van der Waals surface area contributed by atoms with Crippen LogP contribution < -0.4 is 24.9 Å². The minimum atomic E-state index is 0.0131. The smallest absolute Gasteiger partial charge is 0.258 e. The molecule has 0 radical (unpaired) electrons. The van der Waals surface area contributed by atoms with Gasteiger partial charge in [0, 0.05) is 141 Å². The van der Waals surface area contributed by atoms with Crippen LogP contribution >= 0.6 is 0 Å². The zero-order chi connectivity index (χ0) is 68.3. The Hall–Kier alpha value is -10.5. The van der Waals surface area contributed by atoms with Crippen molar-refractivity contribution < 1.29 is 19.2 Å². The summed E-state index contributed by atoms with van der Waals surface area (Å²) in [4.78, 5) is 60.7. The second kappa shape index (κ2) is 28.1. The number of carbonyl (C=O) groups is 4. The van der Waals surface area contributed by atoms with Crippen LogP contribution in [0.2, 0.25) is 0 Å². The van der Waals surface area contributed by atoms with Crippen LogP contribution in [0.5, 0.6) is 0 Å². The molecule has 4 amide bonds. The molecule has 0 spiro atoms. The van der Waals surface area contributed by atoms with Gasteiger partial charge in [-0.2, -0.15) is 0 Å². The molecule has 0 saturated heterocycles. The number of likely N-dealkylation sites (N-methyl/N-ethyl adjacent to an activating group) is 1. The maximum absolute atomic E-state index is 13.4. The van der Waals surface area contributed by atoms with Crippen molar-refractivity contribution in [1.82, 2.24) is 19.0 Å². The molecule has 1 N–H and O–H groups in total. The highest BCUT2D eigenvalue weighted by atomic mass is 16.2. The molecule has 1 aliphatic carbocycles. The van der Waals surface area contributed by atoms with Gasteiger partial charge in [-0.05, 0) is 159 Å². The number of anilines is 4. The fraction of sp³-hybridized carbons (Fsp3) is 0.271. The Bertz CT molecular complexity index is 4590. The Balaban J connectivity index is 0.000000123. The minimum Gasteiger partial charge on any atom is -0.391 e. The van der Waals surface area contributed by atoms with Crippen LogP contribution in [-0.2, 0) is 77.7 Å². The Morgan fingerprint density at radius 2 is 0.835 bits per heavy atom. The monoisotopic (exact) mass is 1290 g/mol. The van der Waals surface area contributed by atoms with Crippen LogP contribution in [0, 0.1) is 23.7 Å². The van der Waals surface area contributed by atoms with Gasteiger partial charge in [-0.25, -0.2) is 0 Å². The fourth-order valence-electron chi connectivity index (χ4n) is 14.7. The van der Waals surface area contributed by atoms with Gasteiger partial charge in [0.1, 0.15) is 0 Å². The molecule has 1 fully saturated rings. The summed E-state index contributed by atoms with van der Waals surface area (Å²) in [5.41, 5.74) is 23.3. The van der Waals surface area contributed by atoms with Crippen LogP contribution in [0.4, 0.5) is 22.7 Å². The standard InChI is InChI=1S/C23H24N2O.C21H26N2O.C21H22N2O.C20H18N2O/c1-3-6-17-9-11-18(12-10-17)23(26)25-16-20-13-14-24(2)22(20)15-19-7-4-5-8-21(19)25;1-20(2)18(21(20,3)4)19(24)23-13-15-10-11-22(5)17(15)12-14-8-6-7-9-16(14)23;1-4-16-14-23(21(24)17-8-6-5-7-9-17)20-12-15(2)10-11-18(20)13-19(16)22-3;1-21-12-11-17-14-22(20(23)15-7-3-2-4-8-15)18-10-6-5-9-16(18)13-19(17)21/h4-5,7-14H,3,6,15-16H2,1-2H3;6-11,18H,12-13H2,1-5H3;4-12,22H,1,13-14H2,2-3H3;2-12H,13-14H2,1H3. The van der Waals surface area contributed by atoms with Gasteiger partial charge >= 0.3 is 0 Å². The average Bonchev–Trinajstić information content (AvgIpc) is 1.53. The predicted molar refractivity (Wildman–Crippen MR) is 393 cm³/mol. The number of rotatable bonds is 8. The van der Waals surface area contributed by atoms with Crippen molar-refractivity contribution >= 4 is 46.4 Å². The largest absolute Gasteiger partial charge is 0.391 e. The number of carbonyl (C=O) groups excluding carboxylic acids is 4. The van der Waals surface area contributed by atoms with Crippen LogP contribution in [0.1, 0.15) is 139 Å². The molecule has 15 rings (SSSR count). The number of para-hydroxylation sites is 3. The Labute approximate surface area is 572 Å². The average molecular weight is 1290 g/mol. The van der Waals surface area contributed by atoms with Crippen LogP contribution in [-0.4, -0.2) is 50.9 Å². The van der Waals surface area contributed by atoms with Gasteiger partial charge in [-0.15, -0.1) is 0 Å². The maximum atomic E-state index is 13.4. The van der Waals surface area contributed by atoms with E-state index in [9.17, 15) is 19.2 Å². The lowest BCUT2D eigenvalue weighted by atomic mass is 10.0. The van der Waals surface area contributed by atoms with Crippen molar-refractivity contribution in [1.29, 1.82) is 0 Å². The van der Waals surface area contributed by atoms with E-state index in [0.29, 0.717) is 31.7 Å². The van der Waals surface area contributed by atoms with Crippen molar-refractivity contribution in [2.24, 2.45) is 37.9 Å². The summed E-state index contributed by atoms with van der Waals surface area (Å²) in [7, 11) is 8.15. The molecular weight excluding hydrogens is 1200 g/mol. The number of aryl methyl sites for hydroxylation is 5. The molecule has 10 aromatic rings. The maximum Gasteiger partial charge on any atom is 0.258 e. The van der Waals surface area contributed by atoms with Crippen LogP contribution in [0.25, 0.3) is 0 Å². The highest BCUT2D eigenvalue weighted by Gasteiger charge is 2.69. The fourth-order valence-corrected chi connectivity index (χ4v) is 14.7. The van der Waals surface area contributed by atoms with E-state index in [4.69, 9.17) is 0 Å². The predicted octanol–water partition coefficient (Wildman–Crippen LogP) is 16.5. The summed E-state index contributed by atoms with van der Waals surface area (Å²) in [6.07, 6.45) is 13.6. The molecule has 494 valence electrons. The Morgan fingerprint density at radius 3 is 1.25 bits per heavy atom. The topological polar surface area (TPSA) is 108 Å². The lowest BCUT2D eigenvalue weighted by Crippen LogP contribution is -2.33. The second-order valence-corrected chi connectivity index (χ2v) is 27.5. The van der Waals surface area contributed by atoms with E-state index in [1.165, 1.54) is 56.0 Å². The van der Waals surface area contributed by atoms with E-state index in [1.807, 2.05) is 136 Å². The highest BCUT2D eigenvalue weighted by molar-refractivity contribution is 6.08. The summed E-state index contributed by atoms with van der Waals surface area (Å²) < 4.78 is 6.51. The van der Waals surface area contributed by atoms with Gasteiger partial charge in [-0.3, -0.25) is 19.2 Å². The van der Waals surface area contributed by atoms with Gasteiger partial charge in [-0.1, -0.05) is 169 Å². The first kappa shape index (κ1) is 66.6. The zero-order valence-corrected chi connectivity index (χ0v) is 57.9. The van der Waals surface area contributed by atoms with Gasteiger partial charge in [0.15, 0.2) is 0 Å². The third-order valence-corrected chi connectivity index (χ3v) is 21.0. The van der Waals surface area contributed by atoms with Crippen LogP contribution in [0.15, 0.2) is 237 Å². The Morgan fingerprint density at radius 1 is 0.454 bits per heavy atom. The van der Waals surface area contributed by atoms with Gasteiger partial charge in [0.25, 0.3) is 17.7 Å². The first-order chi connectivity index (χ1) is 46.8. The number of benzene rings is 7. The van der Waals surface area contributed by atoms with Crippen molar-refractivity contribution in [3.05, 3.63) is 320 Å². The minimum absolute atomic E-state index is 0.0131. The molecule has 12 nitrogen and oxygen atoms in total. The van der Waals surface area contributed by atoms with E-state index < -0.39 is 0 Å². The summed E-state index contributed by atoms with van der Waals surface area (Å²) >= 11 is 0. The molecular formula is C85H90N8O4. The van der Waals surface area contributed by atoms with E-state index in [0.717, 1.165) is 94.8 Å². The van der Waals surface area contributed by atoms with Crippen molar-refractivity contribution in [2.75, 3.05) is 33.2 Å². The van der Waals surface area contributed by atoms with E-state index in [2.05, 4.69) is 198 Å². The summed E-state index contributed by atoms with van der Waals surface area (Å²) in [5.74, 6) is 0.489. The lowest BCUT2D eigenvalue weighted by molar-refractivity contribution is -0.121. The second-order valence-electron chi connectivity index (χ2n) is 27.5. The van der Waals surface area contributed by atoms with Crippen LogP contribution in [0.3, 0.4) is 0 Å². The molecule has 5 aliphatic rings. The molecule has 0 bridgehead atoms. The van der Waals surface area contributed by atoms with Crippen molar-refractivity contribution in [3.8, 4) is 0 Å². The van der Waals surface area contributed by atoms with Gasteiger partial charge in [0.05, 0.1) is 26.2 Å². The first-order valence-electron chi connectivity index (χ1n) is 34.0. The number of fused-ring (bicyclic) bond motifs is 7. The van der Waals surface area contributed by atoms with Crippen molar-refractivity contribution in [2.45, 2.75) is 99.7 Å². The molecule has 3 aromatic heterocycles. The quantitative estimate of drug-likeness (QED) is 0.163. The number of hydrogen-bond donors (Lipinski definition) is 1. The summed E-state index contributed by atoms with van der Waals surface area (Å²) in [5, 5.41) is 3.27. The number of nitrogens with one attached hydrogen (secondary N) is 1. The molecule has 7 aromatic carbocycles. The van der Waals surface area contributed by atoms with E-state index in [1.54, 1.807) is 0 Å². The molecule has 1 saturated carbocycles. The molecule has 97 heavy (non-hydrogen) atoms. The molecule has 12 heteroatoms.